The molecule has 0 bridgehead atoms. The molecule has 0 heterocycles. The van der Waals surface area contributed by atoms with E-state index in [4.69, 9.17) is 4.74 Å². The second-order valence-electron chi connectivity index (χ2n) is 3.93. The van der Waals surface area contributed by atoms with Gasteiger partial charge in [-0.2, -0.15) is 0 Å². The molecule has 2 aromatic carbocycles. The van der Waals surface area contributed by atoms with E-state index < -0.39 is 0 Å². The van der Waals surface area contributed by atoms with Gasteiger partial charge >= 0.3 is 0 Å². The number of halogens is 1. The summed E-state index contributed by atoms with van der Waals surface area (Å²) in [6.07, 6.45) is 5.74. The van der Waals surface area contributed by atoms with Crippen LogP contribution in [0.3, 0.4) is 0 Å². The van der Waals surface area contributed by atoms with Gasteiger partial charge in [-0.15, -0.1) is 0 Å². The van der Waals surface area contributed by atoms with E-state index in [-0.39, 0.29) is 0 Å². The number of rotatable bonds is 5. The summed E-state index contributed by atoms with van der Waals surface area (Å²) in [5.41, 5.74) is 1.15. The second-order valence-corrected chi connectivity index (χ2v) is 5.71. The van der Waals surface area contributed by atoms with Gasteiger partial charge in [-0.05, 0) is 48.0 Å². The first-order chi connectivity index (χ1) is 9.78. The van der Waals surface area contributed by atoms with E-state index in [9.17, 15) is 0 Å². The molecule has 0 radical (unpaired) electrons. The molecule has 0 saturated heterocycles. The highest BCUT2D eigenvalue weighted by molar-refractivity contribution is 9.10. The van der Waals surface area contributed by atoms with Gasteiger partial charge in [-0.1, -0.05) is 34.1 Å². The standard InChI is InChI=1S/C16H14BrNOS/c1-19-15-8-10-16(11-9-15)20-18-12-2-3-13-4-6-14(17)7-5-13/h2-12H,1H3/b3-2+,18-12+. The molecular weight excluding hydrogens is 334 g/mol. The van der Waals surface area contributed by atoms with E-state index in [2.05, 4.69) is 20.3 Å². The predicted molar refractivity (Wildman–Crippen MR) is 90.5 cm³/mol. The first-order valence-corrected chi connectivity index (χ1v) is 7.61. The molecular formula is C16H14BrNOS. The Morgan fingerprint density at radius 2 is 1.75 bits per heavy atom. The van der Waals surface area contributed by atoms with Crippen LogP contribution < -0.4 is 4.74 Å². The lowest BCUT2D eigenvalue weighted by atomic mass is 10.2. The van der Waals surface area contributed by atoms with E-state index in [0.29, 0.717) is 0 Å². The maximum atomic E-state index is 5.11. The van der Waals surface area contributed by atoms with Crippen LogP contribution in [0.25, 0.3) is 6.08 Å². The van der Waals surface area contributed by atoms with Crippen LogP contribution in [0.5, 0.6) is 5.75 Å². The van der Waals surface area contributed by atoms with Gasteiger partial charge in [-0.3, -0.25) is 0 Å². The molecule has 0 aromatic heterocycles. The van der Waals surface area contributed by atoms with Crippen LogP contribution in [0.4, 0.5) is 0 Å². The van der Waals surface area contributed by atoms with E-state index in [0.717, 1.165) is 20.7 Å². The van der Waals surface area contributed by atoms with Crippen molar-refractivity contribution in [2.75, 3.05) is 7.11 Å². The fourth-order valence-electron chi connectivity index (χ4n) is 1.49. The number of nitrogens with zero attached hydrogens (tertiary/aromatic N) is 1. The van der Waals surface area contributed by atoms with Gasteiger partial charge in [0.2, 0.25) is 0 Å². The molecule has 0 amide bonds. The fourth-order valence-corrected chi connectivity index (χ4v) is 2.27. The van der Waals surface area contributed by atoms with Crippen LogP contribution in [0.2, 0.25) is 0 Å². The highest BCUT2D eigenvalue weighted by Gasteiger charge is 1.92. The Balaban J connectivity index is 1.85. The van der Waals surface area contributed by atoms with Crippen LogP contribution >= 0.6 is 27.9 Å². The third-order valence-corrected chi connectivity index (χ3v) is 3.76. The second kappa shape index (κ2) is 7.92. The molecule has 4 heteroatoms. The summed E-state index contributed by atoms with van der Waals surface area (Å²) in [4.78, 5) is 1.08. The summed E-state index contributed by atoms with van der Waals surface area (Å²) < 4.78 is 10.5. The fraction of sp³-hybridized carbons (Fsp3) is 0.0625. The Hall–Kier alpha value is -1.52. The van der Waals surface area contributed by atoms with E-state index in [1.165, 1.54) is 11.9 Å². The van der Waals surface area contributed by atoms with E-state index in [1.807, 2.05) is 60.7 Å². The van der Waals surface area contributed by atoms with E-state index in [1.54, 1.807) is 13.3 Å². The largest absolute Gasteiger partial charge is 0.497 e. The smallest absolute Gasteiger partial charge is 0.118 e. The number of allylic oxidation sites excluding steroid dienone is 1. The van der Waals surface area contributed by atoms with Crippen LogP contribution in [0, 0.1) is 0 Å². The maximum absolute atomic E-state index is 5.11. The number of methoxy groups -OCH3 is 1. The van der Waals surface area contributed by atoms with Gasteiger partial charge in [0.1, 0.15) is 5.75 Å². The molecule has 0 aliphatic heterocycles. The lowest BCUT2D eigenvalue weighted by molar-refractivity contribution is 0.414. The normalized spacial score (nSPS) is 11.3. The van der Waals surface area contributed by atoms with E-state index >= 15 is 0 Å². The summed E-state index contributed by atoms with van der Waals surface area (Å²) in [5, 5.41) is 0. The maximum Gasteiger partial charge on any atom is 0.118 e. The third kappa shape index (κ3) is 4.87. The van der Waals surface area contributed by atoms with Crippen LogP contribution in [0.15, 0.2) is 68.4 Å². The highest BCUT2D eigenvalue weighted by Crippen LogP contribution is 2.21. The summed E-state index contributed by atoms with van der Waals surface area (Å²) in [6.45, 7) is 0. The minimum absolute atomic E-state index is 0.855. The van der Waals surface area contributed by atoms with Gasteiger partial charge in [-0.25, -0.2) is 4.40 Å². The third-order valence-electron chi connectivity index (χ3n) is 2.52. The Kier molecular flexibility index (Phi) is 5.89. The topological polar surface area (TPSA) is 21.6 Å². The summed E-state index contributed by atoms with van der Waals surface area (Å²) in [5.74, 6) is 0.855. The average molecular weight is 348 g/mol. The SMILES string of the molecule is COc1ccc(S/N=C/C=C/c2ccc(Br)cc2)cc1. The quantitative estimate of drug-likeness (QED) is 0.544. The van der Waals surface area contributed by atoms with Crippen LogP contribution in [-0.4, -0.2) is 13.3 Å². The zero-order valence-corrected chi connectivity index (χ0v) is 13.4. The van der Waals surface area contributed by atoms with Crippen molar-refractivity contribution < 1.29 is 4.74 Å². The minimum Gasteiger partial charge on any atom is -0.497 e. The lowest BCUT2D eigenvalue weighted by Crippen LogP contribution is -1.80. The molecule has 20 heavy (non-hydrogen) atoms. The van der Waals surface area contributed by atoms with Crippen molar-refractivity contribution in [3.63, 3.8) is 0 Å². The molecule has 0 aliphatic rings. The van der Waals surface area contributed by atoms with Crippen molar-refractivity contribution in [3.8, 4) is 5.75 Å². The molecule has 0 aliphatic carbocycles. The van der Waals surface area contributed by atoms with Gasteiger partial charge in [0.15, 0.2) is 0 Å². The molecule has 0 saturated carbocycles. The highest BCUT2D eigenvalue weighted by atomic mass is 79.9. The van der Waals surface area contributed by atoms with Gasteiger partial charge in [0.25, 0.3) is 0 Å². The lowest BCUT2D eigenvalue weighted by Gasteiger charge is -1.99. The molecule has 2 nitrogen and oxygen atoms in total. The summed E-state index contributed by atoms with van der Waals surface area (Å²) in [7, 11) is 1.66. The number of benzene rings is 2. The zero-order valence-electron chi connectivity index (χ0n) is 11.0. The van der Waals surface area contributed by atoms with Gasteiger partial charge < -0.3 is 4.74 Å². The Morgan fingerprint density at radius 3 is 2.40 bits per heavy atom. The average Bonchev–Trinajstić information content (AvgIpc) is 2.49. The molecule has 0 atom stereocenters. The molecule has 2 aromatic rings. The summed E-state index contributed by atoms with van der Waals surface area (Å²) >= 11 is 4.84. The van der Waals surface area contributed by atoms with Crippen molar-refractivity contribution >= 4 is 40.2 Å². The Labute approximate surface area is 131 Å². The number of hydrogen-bond donors (Lipinski definition) is 0. The van der Waals surface area contributed by atoms with Gasteiger partial charge in [0, 0.05) is 27.5 Å². The molecule has 0 N–H and O–H groups in total. The Bertz CT molecular complexity index is 591. The monoisotopic (exact) mass is 347 g/mol. The number of ether oxygens (including phenoxy) is 1. The van der Waals surface area contributed by atoms with Crippen LogP contribution in [-0.2, 0) is 0 Å². The predicted octanol–water partition coefficient (Wildman–Crippen LogP) is 5.25. The van der Waals surface area contributed by atoms with Crippen molar-refractivity contribution in [3.05, 3.63) is 64.6 Å². The van der Waals surface area contributed by atoms with Crippen molar-refractivity contribution in [2.24, 2.45) is 4.40 Å². The minimum atomic E-state index is 0.855. The molecule has 2 rings (SSSR count). The molecule has 102 valence electrons. The molecule has 0 unspecified atom stereocenters. The molecule has 0 fully saturated rings. The number of hydrogen-bond acceptors (Lipinski definition) is 3. The summed E-state index contributed by atoms with van der Waals surface area (Å²) in [6, 6.07) is 15.9. The van der Waals surface area contributed by atoms with Crippen molar-refractivity contribution in [1.82, 2.24) is 0 Å². The first-order valence-electron chi connectivity index (χ1n) is 6.04. The van der Waals surface area contributed by atoms with Crippen molar-refractivity contribution in [2.45, 2.75) is 4.90 Å². The van der Waals surface area contributed by atoms with Crippen LogP contribution in [0.1, 0.15) is 5.56 Å². The Morgan fingerprint density at radius 1 is 1.05 bits per heavy atom. The van der Waals surface area contributed by atoms with Gasteiger partial charge in [0.05, 0.1) is 7.11 Å². The van der Waals surface area contributed by atoms with Crippen molar-refractivity contribution in [1.29, 1.82) is 0 Å². The molecule has 0 spiro atoms. The zero-order chi connectivity index (χ0) is 14.2. The first kappa shape index (κ1) is 14.9.